The van der Waals surface area contributed by atoms with Gasteiger partial charge in [0, 0.05) is 19.0 Å². The van der Waals surface area contributed by atoms with Crippen molar-refractivity contribution in [3.8, 4) is 11.1 Å². The van der Waals surface area contributed by atoms with Crippen LogP contribution in [0.4, 0.5) is 4.39 Å². The van der Waals surface area contributed by atoms with Crippen LogP contribution < -0.4 is 5.73 Å². The van der Waals surface area contributed by atoms with Crippen molar-refractivity contribution in [2.24, 2.45) is 5.73 Å². The number of hydrogen-bond acceptors (Lipinski definition) is 2. The first-order valence-electron chi connectivity index (χ1n) is 8.46. The van der Waals surface area contributed by atoms with Gasteiger partial charge in [-0.25, -0.2) is 4.39 Å². The minimum atomic E-state index is -0.514. The van der Waals surface area contributed by atoms with Crippen molar-refractivity contribution in [3.63, 3.8) is 0 Å². The fraction of sp³-hybridized carbons (Fsp3) is 0.350. The topological polar surface area (TPSA) is 46.3 Å². The van der Waals surface area contributed by atoms with Crippen LogP contribution >= 0.6 is 0 Å². The Labute approximate surface area is 142 Å². The zero-order valence-corrected chi connectivity index (χ0v) is 13.9. The lowest BCUT2D eigenvalue weighted by Gasteiger charge is -2.25. The SMILES string of the molecule is CC(c1ccc(-c2ccc(F)cc2)cc1)[C@H](N)C(=O)N1CCCC1. The van der Waals surface area contributed by atoms with E-state index in [1.54, 1.807) is 12.1 Å². The Balaban J connectivity index is 1.72. The highest BCUT2D eigenvalue weighted by molar-refractivity contribution is 5.83. The first-order chi connectivity index (χ1) is 11.6. The van der Waals surface area contributed by atoms with Crippen molar-refractivity contribution in [1.29, 1.82) is 0 Å². The van der Waals surface area contributed by atoms with Crippen LogP contribution in [-0.2, 0) is 4.79 Å². The molecule has 3 rings (SSSR count). The van der Waals surface area contributed by atoms with Gasteiger partial charge in [0.15, 0.2) is 0 Å². The van der Waals surface area contributed by atoms with E-state index in [-0.39, 0.29) is 17.6 Å². The molecule has 1 saturated heterocycles. The van der Waals surface area contributed by atoms with Gasteiger partial charge in [-0.1, -0.05) is 43.3 Å². The Hall–Kier alpha value is -2.20. The van der Waals surface area contributed by atoms with Crippen LogP contribution in [0.15, 0.2) is 48.5 Å². The summed E-state index contributed by atoms with van der Waals surface area (Å²) in [5, 5.41) is 0. The molecule has 0 aromatic heterocycles. The van der Waals surface area contributed by atoms with E-state index in [4.69, 9.17) is 5.73 Å². The number of benzene rings is 2. The molecule has 1 aliphatic heterocycles. The quantitative estimate of drug-likeness (QED) is 0.934. The number of rotatable bonds is 4. The first-order valence-corrected chi connectivity index (χ1v) is 8.46. The Bertz CT molecular complexity index is 691. The number of nitrogens with zero attached hydrogens (tertiary/aromatic N) is 1. The molecule has 0 bridgehead atoms. The highest BCUT2D eigenvalue weighted by Crippen LogP contribution is 2.25. The van der Waals surface area contributed by atoms with Crippen LogP contribution in [0.3, 0.4) is 0 Å². The lowest BCUT2D eigenvalue weighted by Crippen LogP contribution is -2.45. The van der Waals surface area contributed by atoms with Gasteiger partial charge in [-0.05, 0) is 41.7 Å². The van der Waals surface area contributed by atoms with E-state index >= 15 is 0 Å². The van der Waals surface area contributed by atoms with Crippen molar-refractivity contribution in [2.45, 2.75) is 31.7 Å². The van der Waals surface area contributed by atoms with Gasteiger partial charge in [0.25, 0.3) is 0 Å². The molecule has 1 fully saturated rings. The highest BCUT2D eigenvalue weighted by Gasteiger charge is 2.28. The van der Waals surface area contributed by atoms with E-state index in [0.29, 0.717) is 0 Å². The Morgan fingerprint density at radius 2 is 1.50 bits per heavy atom. The molecule has 2 aromatic rings. The molecule has 1 amide bonds. The number of carbonyl (C=O) groups is 1. The van der Waals surface area contributed by atoms with Gasteiger partial charge in [0.1, 0.15) is 5.82 Å². The maximum Gasteiger partial charge on any atom is 0.240 e. The average molecular weight is 326 g/mol. The van der Waals surface area contributed by atoms with Crippen molar-refractivity contribution >= 4 is 5.91 Å². The molecule has 1 unspecified atom stereocenters. The number of halogens is 1. The minimum Gasteiger partial charge on any atom is -0.341 e. The second kappa shape index (κ2) is 7.14. The van der Waals surface area contributed by atoms with Crippen LogP contribution in [0.25, 0.3) is 11.1 Å². The van der Waals surface area contributed by atoms with E-state index in [2.05, 4.69) is 0 Å². The summed E-state index contributed by atoms with van der Waals surface area (Å²) in [6.07, 6.45) is 2.14. The Morgan fingerprint density at radius 3 is 2.04 bits per heavy atom. The predicted octanol–water partition coefficient (Wildman–Crippen LogP) is 3.55. The molecular formula is C20H23FN2O. The third kappa shape index (κ3) is 3.49. The standard InChI is InChI=1S/C20H23FN2O/c1-14(19(22)20(24)23-12-2-3-13-23)15-4-6-16(7-5-15)17-8-10-18(21)11-9-17/h4-11,14,19H,2-3,12-13,22H2,1H3/t14?,19-/m0/s1. The van der Waals surface area contributed by atoms with Crippen LogP contribution in [0.5, 0.6) is 0 Å². The molecule has 0 saturated carbocycles. The zero-order valence-electron chi connectivity index (χ0n) is 13.9. The Morgan fingerprint density at radius 1 is 1.00 bits per heavy atom. The largest absolute Gasteiger partial charge is 0.341 e. The molecule has 1 heterocycles. The molecule has 126 valence electrons. The number of likely N-dealkylation sites (tertiary alicyclic amines) is 1. The maximum absolute atomic E-state index is 13.0. The van der Waals surface area contributed by atoms with Crippen molar-refractivity contribution in [3.05, 3.63) is 59.9 Å². The molecule has 0 spiro atoms. The van der Waals surface area contributed by atoms with Crippen molar-refractivity contribution < 1.29 is 9.18 Å². The van der Waals surface area contributed by atoms with E-state index in [0.717, 1.165) is 42.6 Å². The summed E-state index contributed by atoms with van der Waals surface area (Å²) >= 11 is 0. The molecule has 0 radical (unpaired) electrons. The molecule has 4 heteroatoms. The van der Waals surface area contributed by atoms with Gasteiger partial charge < -0.3 is 10.6 Å². The van der Waals surface area contributed by atoms with Gasteiger partial charge in [-0.15, -0.1) is 0 Å². The van der Waals surface area contributed by atoms with Gasteiger partial charge in [-0.2, -0.15) is 0 Å². The summed E-state index contributed by atoms with van der Waals surface area (Å²) in [5.41, 5.74) is 9.23. The predicted molar refractivity (Wildman–Crippen MR) is 94.0 cm³/mol. The summed E-state index contributed by atoms with van der Waals surface area (Å²) in [6, 6.07) is 13.9. The number of nitrogens with two attached hydrogens (primary N) is 1. The molecular weight excluding hydrogens is 303 g/mol. The molecule has 0 aliphatic carbocycles. The van der Waals surface area contributed by atoms with Crippen LogP contribution in [0.2, 0.25) is 0 Å². The molecule has 24 heavy (non-hydrogen) atoms. The molecule has 2 atom stereocenters. The third-order valence-corrected chi connectivity index (χ3v) is 4.86. The van der Waals surface area contributed by atoms with Crippen LogP contribution in [0, 0.1) is 5.82 Å². The average Bonchev–Trinajstić information content (AvgIpc) is 3.15. The molecule has 1 aliphatic rings. The summed E-state index contributed by atoms with van der Waals surface area (Å²) < 4.78 is 13.0. The summed E-state index contributed by atoms with van der Waals surface area (Å²) in [5.74, 6) is -0.238. The second-order valence-corrected chi connectivity index (χ2v) is 6.48. The van der Waals surface area contributed by atoms with Crippen molar-refractivity contribution in [1.82, 2.24) is 4.90 Å². The van der Waals surface area contributed by atoms with Crippen molar-refractivity contribution in [2.75, 3.05) is 13.1 Å². The number of carbonyl (C=O) groups excluding carboxylic acids is 1. The molecule has 2 N–H and O–H groups in total. The third-order valence-electron chi connectivity index (χ3n) is 4.86. The van der Waals surface area contributed by atoms with Gasteiger partial charge >= 0.3 is 0 Å². The Kier molecular flexibility index (Phi) is 4.95. The van der Waals surface area contributed by atoms with E-state index in [1.165, 1.54) is 12.1 Å². The minimum absolute atomic E-state index is 0.0413. The van der Waals surface area contributed by atoms with Crippen LogP contribution in [0.1, 0.15) is 31.2 Å². The fourth-order valence-electron chi connectivity index (χ4n) is 3.19. The lowest BCUT2D eigenvalue weighted by atomic mass is 9.91. The van der Waals surface area contributed by atoms with Gasteiger partial charge in [0.2, 0.25) is 5.91 Å². The zero-order chi connectivity index (χ0) is 17.1. The number of amides is 1. The normalized spacial score (nSPS) is 16.9. The molecule has 3 nitrogen and oxygen atoms in total. The highest BCUT2D eigenvalue weighted by atomic mass is 19.1. The monoisotopic (exact) mass is 326 g/mol. The van der Waals surface area contributed by atoms with Crippen LogP contribution in [-0.4, -0.2) is 29.9 Å². The lowest BCUT2D eigenvalue weighted by molar-refractivity contribution is -0.131. The summed E-state index contributed by atoms with van der Waals surface area (Å²) in [6.45, 7) is 3.64. The fourth-order valence-corrected chi connectivity index (χ4v) is 3.19. The van der Waals surface area contributed by atoms with E-state index in [9.17, 15) is 9.18 Å². The number of hydrogen-bond donors (Lipinski definition) is 1. The smallest absolute Gasteiger partial charge is 0.240 e. The molecule has 2 aromatic carbocycles. The maximum atomic E-state index is 13.0. The second-order valence-electron chi connectivity index (χ2n) is 6.48. The van der Waals surface area contributed by atoms with E-state index < -0.39 is 6.04 Å². The van der Waals surface area contributed by atoms with Gasteiger partial charge in [-0.3, -0.25) is 4.79 Å². The first kappa shape index (κ1) is 16.7. The summed E-state index contributed by atoms with van der Waals surface area (Å²) in [4.78, 5) is 14.3. The summed E-state index contributed by atoms with van der Waals surface area (Å²) in [7, 11) is 0. The van der Waals surface area contributed by atoms with E-state index in [1.807, 2.05) is 36.1 Å². The van der Waals surface area contributed by atoms with Gasteiger partial charge in [0.05, 0.1) is 6.04 Å².